The van der Waals surface area contributed by atoms with Crippen molar-refractivity contribution >= 4 is 11.6 Å². The molecule has 3 rings (SSSR count). The molecule has 0 radical (unpaired) electrons. The summed E-state index contributed by atoms with van der Waals surface area (Å²) in [6.07, 6.45) is 6.33. The molecule has 0 bridgehead atoms. The zero-order valence-electron chi connectivity index (χ0n) is 16.7. The molecular formula is C22H34N2O2. The van der Waals surface area contributed by atoms with E-state index in [9.17, 15) is 4.79 Å². The van der Waals surface area contributed by atoms with Crippen LogP contribution in [0.1, 0.15) is 58.4 Å². The predicted octanol–water partition coefficient (Wildman–Crippen LogP) is 3.98. The van der Waals surface area contributed by atoms with Crippen molar-refractivity contribution in [1.82, 2.24) is 4.90 Å². The SMILES string of the molecule is CC(C)(C)c1ccc(N2CCN(C(=O)COC3CCCCC3)CC2)cc1. The number of ether oxygens (including phenoxy) is 1. The highest BCUT2D eigenvalue weighted by Crippen LogP contribution is 2.25. The summed E-state index contributed by atoms with van der Waals surface area (Å²) in [5, 5.41) is 0. The van der Waals surface area contributed by atoms with E-state index in [0.29, 0.717) is 6.10 Å². The van der Waals surface area contributed by atoms with E-state index >= 15 is 0 Å². The molecule has 0 unspecified atom stereocenters. The Labute approximate surface area is 158 Å². The average Bonchev–Trinajstić information content (AvgIpc) is 2.66. The van der Waals surface area contributed by atoms with Crippen LogP contribution in [-0.2, 0) is 14.9 Å². The number of anilines is 1. The van der Waals surface area contributed by atoms with Crippen LogP contribution < -0.4 is 4.90 Å². The van der Waals surface area contributed by atoms with Gasteiger partial charge >= 0.3 is 0 Å². The molecular weight excluding hydrogens is 324 g/mol. The fraction of sp³-hybridized carbons (Fsp3) is 0.682. The Morgan fingerprint density at radius 2 is 1.62 bits per heavy atom. The van der Waals surface area contributed by atoms with Gasteiger partial charge in [-0.3, -0.25) is 4.79 Å². The van der Waals surface area contributed by atoms with E-state index in [1.54, 1.807) is 0 Å². The monoisotopic (exact) mass is 358 g/mol. The lowest BCUT2D eigenvalue weighted by Crippen LogP contribution is -2.50. The van der Waals surface area contributed by atoms with Gasteiger partial charge in [0.15, 0.2) is 0 Å². The first-order valence-electron chi connectivity index (χ1n) is 10.2. The first-order chi connectivity index (χ1) is 12.4. The Bertz CT molecular complexity index is 577. The lowest BCUT2D eigenvalue weighted by atomic mass is 9.87. The molecule has 26 heavy (non-hydrogen) atoms. The number of piperazine rings is 1. The van der Waals surface area contributed by atoms with Gasteiger partial charge in [0.2, 0.25) is 5.91 Å². The van der Waals surface area contributed by atoms with E-state index in [0.717, 1.165) is 39.0 Å². The fourth-order valence-corrected chi connectivity index (χ4v) is 3.90. The Kier molecular flexibility index (Phi) is 6.23. The molecule has 0 atom stereocenters. The van der Waals surface area contributed by atoms with E-state index in [1.165, 1.54) is 30.5 Å². The number of hydrogen-bond acceptors (Lipinski definition) is 3. The number of amides is 1. The topological polar surface area (TPSA) is 32.8 Å². The first kappa shape index (κ1) is 19.2. The normalized spacial score (nSPS) is 19.7. The highest BCUT2D eigenvalue weighted by molar-refractivity contribution is 5.77. The molecule has 1 saturated heterocycles. The van der Waals surface area contributed by atoms with Crippen LogP contribution in [-0.4, -0.2) is 49.7 Å². The Morgan fingerprint density at radius 3 is 2.19 bits per heavy atom. The highest BCUT2D eigenvalue weighted by atomic mass is 16.5. The fourth-order valence-electron chi connectivity index (χ4n) is 3.90. The highest BCUT2D eigenvalue weighted by Gasteiger charge is 2.23. The molecule has 1 heterocycles. The summed E-state index contributed by atoms with van der Waals surface area (Å²) in [6, 6.07) is 8.88. The number of hydrogen-bond donors (Lipinski definition) is 0. The van der Waals surface area contributed by atoms with Crippen LogP contribution in [0, 0.1) is 0 Å². The van der Waals surface area contributed by atoms with Gasteiger partial charge in [0.25, 0.3) is 0 Å². The molecule has 144 valence electrons. The summed E-state index contributed by atoms with van der Waals surface area (Å²) in [4.78, 5) is 16.8. The molecule has 1 aromatic rings. The van der Waals surface area contributed by atoms with Gasteiger partial charge in [0, 0.05) is 31.9 Å². The van der Waals surface area contributed by atoms with Crippen molar-refractivity contribution in [3.05, 3.63) is 29.8 Å². The summed E-state index contributed by atoms with van der Waals surface area (Å²) in [7, 11) is 0. The van der Waals surface area contributed by atoms with Gasteiger partial charge < -0.3 is 14.5 Å². The zero-order chi connectivity index (χ0) is 18.6. The zero-order valence-corrected chi connectivity index (χ0v) is 16.7. The van der Waals surface area contributed by atoms with E-state index in [2.05, 4.69) is 49.9 Å². The molecule has 2 fully saturated rings. The van der Waals surface area contributed by atoms with E-state index in [1.807, 2.05) is 4.90 Å². The van der Waals surface area contributed by atoms with Crippen LogP contribution in [0.2, 0.25) is 0 Å². The Morgan fingerprint density at radius 1 is 1.00 bits per heavy atom. The third-order valence-corrected chi connectivity index (χ3v) is 5.73. The van der Waals surface area contributed by atoms with Crippen LogP contribution in [0.3, 0.4) is 0 Å². The number of rotatable bonds is 4. The molecule has 1 aliphatic heterocycles. The third kappa shape index (κ3) is 5.00. The molecule has 4 nitrogen and oxygen atoms in total. The number of nitrogens with zero attached hydrogens (tertiary/aromatic N) is 2. The molecule has 1 aromatic carbocycles. The summed E-state index contributed by atoms with van der Waals surface area (Å²) in [6.45, 7) is 10.3. The number of benzene rings is 1. The second-order valence-corrected chi connectivity index (χ2v) is 8.74. The average molecular weight is 359 g/mol. The van der Waals surface area contributed by atoms with Gasteiger partial charge in [-0.2, -0.15) is 0 Å². The van der Waals surface area contributed by atoms with Gasteiger partial charge in [-0.25, -0.2) is 0 Å². The minimum Gasteiger partial charge on any atom is -0.368 e. The van der Waals surface area contributed by atoms with Crippen LogP contribution in [0.15, 0.2) is 24.3 Å². The maximum absolute atomic E-state index is 12.4. The van der Waals surface area contributed by atoms with Gasteiger partial charge in [-0.1, -0.05) is 52.2 Å². The summed E-state index contributed by atoms with van der Waals surface area (Å²) >= 11 is 0. The standard InChI is InChI=1S/C22H34N2O2/c1-22(2,3)18-9-11-19(12-10-18)23-13-15-24(16-14-23)21(25)17-26-20-7-5-4-6-8-20/h9-12,20H,4-8,13-17H2,1-3H3. The molecule has 1 saturated carbocycles. The van der Waals surface area contributed by atoms with E-state index in [-0.39, 0.29) is 17.9 Å². The van der Waals surface area contributed by atoms with Gasteiger partial charge in [0.1, 0.15) is 6.61 Å². The van der Waals surface area contributed by atoms with Crippen molar-refractivity contribution in [2.75, 3.05) is 37.7 Å². The molecule has 2 aliphatic rings. The van der Waals surface area contributed by atoms with Crippen molar-refractivity contribution < 1.29 is 9.53 Å². The maximum Gasteiger partial charge on any atom is 0.248 e. The van der Waals surface area contributed by atoms with Crippen molar-refractivity contribution in [3.63, 3.8) is 0 Å². The van der Waals surface area contributed by atoms with Crippen LogP contribution in [0.4, 0.5) is 5.69 Å². The van der Waals surface area contributed by atoms with Crippen LogP contribution in [0.5, 0.6) is 0 Å². The molecule has 0 N–H and O–H groups in total. The van der Waals surface area contributed by atoms with Crippen LogP contribution in [0.25, 0.3) is 0 Å². The Hall–Kier alpha value is -1.55. The van der Waals surface area contributed by atoms with E-state index in [4.69, 9.17) is 4.74 Å². The quantitative estimate of drug-likeness (QED) is 0.816. The lowest BCUT2D eigenvalue weighted by Gasteiger charge is -2.36. The van der Waals surface area contributed by atoms with Crippen molar-refractivity contribution in [1.29, 1.82) is 0 Å². The van der Waals surface area contributed by atoms with Gasteiger partial charge in [-0.05, 0) is 36.0 Å². The third-order valence-electron chi connectivity index (χ3n) is 5.73. The smallest absolute Gasteiger partial charge is 0.248 e. The second kappa shape index (κ2) is 8.43. The molecule has 0 aromatic heterocycles. The van der Waals surface area contributed by atoms with Gasteiger partial charge in [0.05, 0.1) is 6.10 Å². The molecule has 0 spiro atoms. The second-order valence-electron chi connectivity index (χ2n) is 8.74. The predicted molar refractivity (Wildman–Crippen MR) is 107 cm³/mol. The largest absolute Gasteiger partial charge is 0.368 e. The maximum atomic E-state index is 12.4. The van der Waals surface area contributed by atoms with Crippen molar-refractivity contribution in [3.8, 4) is 0 Å². The molecule has 1 aliphatic carbocycles. The lowest BCUT2D eigenvalue weighted by molar-refractivity contribution is -0.139. The van der Waals surface area contributed by atoms with Crippen molar-refractivity contribution in [2.45, 2.75) is 64.4 Å². The van der Waals surface area contributed by atoms with Gasteiger partial charge in [-0.15, -0.1) is 0 Å². The number of carbonyl (C=O) groups is 1. The van der Waals surface area contributed by atoms with Crippen LogP contribution >= 0.6 is 0 Å². The molecule has 4 heteroatoms. The number of carbonyl (C=O) groups excluding carboxylic acids is 1. The summed E-state index contributed by atoms with van der Waals surface area (Å²) < 4.78 is 5.85. The summed E-state index contributed by atoms with van der Waals surface area (Å²) in [5.41, 5.74) is 2.79. The minimum atomic E-state index is 0.151. The Balaban J connectivity index is 1.45. The minimum absolute atomic E-state index is 0.151. The van der Waals surface area contributed by atoms with E-state index < -0.39 is 0 Å². The summed E-state index contributed by atoms with van der Waals surface area (Å²) in [5.74, 6) is 0.151. The first-order valence-corrected chi connectivity index (χ1v) is 10.2. The molecule has 1 amide bonds. The van der Waals surface area contributed by atoms with Crippen molar-refractivity contribution in [2.24, 2.45) is 0 Å².